The summed E-state index contributed by atoms with van der Waals surface area (Å²) >= 11 is 0. The molecule has 0 spiro atoms. The van der Waals surface area contributed by atoms with Crippen LogP contribution in [0, 0.1) is 6.92 Å². The van der Waals surface area contributed by atoms with E-state index in [1.54, 1.807) is 22.6 Å². The highest BCUT2D eigenvalue weighted by molar-refractivity contribution is 6.03. The predicted octanol–water partition coefficient (Wildman–Crippen LogP) is 2.06. The van der Waals surface area contributed by atoms with Crippen LogP contribution in [0.5, 0.6) is 11.5 Å². The highest BCUT2D eigenvalue weighted by Crippen LogP contribution is 2.30. The molecule has 0 saturated heterocycles. The van der Waals surface area contributed by atoms with Gasteiger partial charge in [-0.1, -0.05) is 0 Å². The van der Waals surface area contributed by atoms with E-state index in [1.807, 2.05) is 25.3 Å². The highest BCUT2D eigenvalue weighted by atomic mass is 16.6. The minimum absolute atomic E-state index is 0.281. The van der Waals surface area contributed by atoms with Crippen LogP contribution >= 0.6 is 0 Å². The zero-order valence-electron chi connectivity index (χ0n) is 12.4. The SMILES string of the molecule is Cc1ccn2c(NC(=O)c3ccc4c(c3)OCCO4)nnc2c1. The molecule has 0 unspecified atom stereocenters. The highest BCUT2D eigenvalue weighted by Gasteiger charge is 2.16. The van der Waals surface area contributed by atoms with E-state index in [4.69, 9.17) is 9.47 Å². The number of hydrogen-bond acceptors (Lipinski definition) is 5. The Balaban J connectivity index is 1.61. The first-order chi connectivity index (χ1) is 11.2. The molecule has 1 aliphatic heterocycles. The quantitative estimate of drug-likeness (QED) is 0.784. The summed E-state index contributed by atoms with van der Waals surface area (Å²) in [6.07, 6.45) is 1.82. The number of benzene rings is 1. The Labute approximate surface area is 131 Å². The van der Waals surface area contributed by atoms with E-state index in [0.717, 1.165) is 5.56 Å². The number of rotatable bonds is 2. The van der Waals surface area contributed by atoms with Crippen LogP contribution in [0.2, 0.25) is 0 Å². The van der Waals surface area contributed by atoms with Gasteiger partial charge in [0.05, 0.1) is 0 Å². The summed E-state index contributed by atoms with van der Waals surface area (Å²) in [5.41, 5.74) is 2.23. The molecule has 2 aromatic heterocycles. The molecule has 7 heteroatoms. The van der Waals surface area contributed by atoms with Gasteiger partial charge < -0.3 is 9.47 Å². The van der Waals surface area contributed by atoms with E-state index in [1.165, 1.54) is 0 Å². The topological polar surface area (TPSA) is 77.8 Å². The molecule has 116 valence electrons. The molecule has 1 N–H and O–H groups in total. The second kappa shape index (κ2) is 5.28. The van der Waals surface area contributed by atoms with E-state index in [0.29, 0.717) is 41.9 Å². The summed E-state index contributed by atoms with van der Waals surface area (Å²) in [7, 11) is 0. The van der Waals surface area contributed by atoms with Gasteiger partial charge in [0.15, 0.2) is 17.1 Å². The monoisotopic (exact) mass is 310 g/mol. The normalized spacial score (nSPS) is 13.1. The number of fused-ring (bicyclic) bond motifs is 2. The number of aromatic nitrogens is 3. The zero-order chi connectivity index (χ0) is 15.8. The Kier molecular flexibility index (Phi) is 3.11. The first-order valence-corrected chi connectivity index (χ1v) is 7.23. The molecule has 3 aromatic rings. The maximum atomic E-state index is 12.4. The van der Waals surface area contributed by atoms with E-state index in [9.17, 15) is 4.79 Å². The van der Waals surface area contributed by atoms with Crippen molar-refractivity contribution in [3.8, 4) is 11.5 Å². The number of aryl methyl sites for hydroxylation is 1. The Bertz CT molecular complexity index is 903. The van der Waals surface area contributed by atoms with E-state index >= 15 is 0 Å². The Hall–Kier alpha value is -3.09. The summed E-state index contributed by atoms with van der Waals surface area (Å²) < 4.78 is 12.7. The van der Waals surface area contributed by atoms with Crippen LogP contribution in [-0.2, 0) is 0 Å². The number of amides is 1. The van der Waals surface area contributed by atoms with Gasteiger partial charge in [0.1, 0.15) is 13.2 Å². The average molecular weight is 310 g/mol. The minimum atomic E-state index is -0.281. The standard InChI is InChI=1S/C16H14N4O3/c1-10-4-5-20-14(8-10)18-19-16(20)17-15(21)11-2-3-12-13(9-11)23-7-6-22-12/h2-5,8-9H,6-7H2,1H3,(H,17,19,21). The van der Waals surface area contributed by atoms with Crippen LogP contribution in [0.25, 0.3) is 5.65 Å². The maximum Gasteiger partial charge on any atom is 0.258 e. The van der Waals surface area contributed by atoms with Crippen LogP contribution in [0.4, 0.5) is 5.95 Å². The largest absolute Gasteiger partial charge is 0.486 e. The van der Waals surface area contributed by atoms with E-state index in [2.05, 4.69) is 15.5 Å². The van der Waals surface area contributed by atoms with Gasteiger partial charge in [-0.3, -0.25) is 14.5 Å². The molecule has 1 aliphatic rings. The van der Waals surface area contributed by atoms with Crippen molar-refractivity contribution in [1.29, 1.82) is 0 Å². The van der Waals surface area contributed by atoms with Crippen molar-refractivity contribution in [2.45, 2.75) is 6.92 Å². The molecule has 3 heterocycles. The number of anilines is 1. The fraction of sp³-hybridized carbons (Fsp3) is 0.188. The van der Waals surface area contributed by atoms with Crippen molar-refractivity contribution in [2.75, 3.05) is 18.5 Å². The number of nitrogens with one attached hydrogen (secondary N) is 1. The molecular weight excluding hydrogens is 296 g/mol. The van der Waals surface area contributed by atoms with Crippen LogP contribution < -0.4 is 14.8 Å². The summed E-state index contributed by atoms with van der Waals surface area (Å²) in [6.45, 7) is 2.97. The minimum Gasteiger partial charge on any atom is -0.486 e. The van der Waals surface area contributed by atoms with Crippen molar-refractivity contribution >= 4 is 17.5 Å². The fourth-order valence-corrected chi connectivity index (χ4v) is 2.44. The average Bonchev–Trinajstić information content (AvgIpc) is 2.96. The van der Waals surface area contributed by atoms with Crippen LogP contribution in [-0.4, -0.2) is 33.7 Å². The zero-order valence-corrected chi connectivity index (χ0v) is 12.4. The lowest BCUT2D eigenvalue weighted by Gasteiger charge is -2.18. The lowest BCUT2D eigenvalue weighted by molar-refractivity contribution is 0.102. The molecule has 1 aromatic carbocycles. The molecule has 7 nitrogen and oxygen atoms in total. The Morgan fingerprint density at radius 3 is 2.83 bits per heavy atom. The van der Waals surface area contributed by atoms with Gasteiger partial charge in [-0.15, -0.1) is 10.2 Å². The molecule has 23 heavy (non-hydrogen) atoms. The number of carbonyl (C=O) groups excluding carboxylic acids is 1. The lowest BCUT2D eigenvalue weighted by atomic mass is 10.2. The number of carbonyl (C=O) groups is 1. The molecular formula is C16H14N4O3. The Morgan fingerprint density at radius 1 is 1.13 bits per heavy atom. The number of nitrogens with zero attached hydrogens (tertiary/aromatic N) is 3. The number of ether oxygens (including phenoxy) is 2. The van der Waals surface area contributed by atoms with Crippen molar-refractivity contribution in [1.82, 2.24) is 14.6 Å². The van der Waals surface area contributed by atoms with Gasteiger partial charge >= 0.3 is 0 Å². The fourth-order valence-electron chi connectivity index (χ4n) is 2.44. The molecule has 0 radical (unpaired) electrons. The second-order valence-electron chi connectivity index (χ2n) is 5.27. The summed E-state index contributed by atoms with van der Waals surface area (Å²) in [5.74, 6) is 1.32. The van der Waals surface area contributed by atoms with E-state index in [-0.39, 0.29) is 5.91 Å². The van der Waals surface area contributed by atoms with Crippen LogP contribution in [0.15, 0.2) is 36.5 Å². The predicted molar refractivity (Wildman–Crippen MR) is 83.1 cm³/mol. The van der Waals surface area contributed by atoms with Gasteiger partial charge in [0.25, 0.3) is 5.91 Å². The van der Waals surface area contributed by atoms with E-state index < -0.39 is 0 Å². The smallest absolute Gasteiger partial charge is 0.258 e. The molecule has 0 fully saturated rings. The third-order valence-electron chi connectivity index (χ3n) is 3.60. The lowest BCUT2D eigenvalue weighted by Crippen LogP contribution is -2.18. The third-order valence-corrected chi connectivity index (χ3v) is 3.60. The van der Waals surface area contributed by atoms with Gasteiger partial charge in [-0.25, -0.2) is 0 Å². The van der Waals surface area contributed by atoms with Gasteiger partial charge in [0, 0.05) is 11.8 Å². The first kappa shape index (κ1) is 13.6. The van der Waals surface area contributed by atoms with Gasteiger partial charge in [0.2, 0.25) is 5.95 Å². The molecule has 0 atom stereocenters. The molecule has 0 aliphatic carbocycles. The van der Waals surface area contributed by atoms with Crippen molar-refractivity contribution in [3.63, 3.8) is 0 Å². The first-order valence-electron chi connectivity index (χ1n) is 7.23. The molecule has 0 saturated carbocycles. The molecule has 4 rings (SSSR count). The molecule has 1 amide bonds. The van der Waals surface area contributed by atoms with Crippen molar-refractivity contribution < 1.29 is 14.3 Å². The third kappa shape index (κ3) is 2.46. The van der Waals surface area contributed by atoms with Crippen molar-refractivity contribution in [3.05, 3.63) is 47.7 Å². The Morgan fingerprint density at radius 2 is 1.96 bits per heavy atom. The van der Waals surface area contributed by atoms with Crippen molar-refractivity contribution in [2.24, 2.45) is 0 Å². The summed E-state index contributed by atoms with van der Waals surface area (Å²) in [5, 5.41) is 10.8. The molecule has 0 bridgehead atoms. The second-order valence-corrected chi connectivity index (χ2v) is 5.27. The summed E-state index contributed by atoms with van der Waals surface area (Å²) in [6, 6.07) is 8.91. The van der Waals surface area contributed by atoms with Gasteiger partial charge in [-0.05, 0) is 42.8 Å². The maximum absolute atomic E-state index is 12.4. The van der Waals surface area contributed by atoms with Crippen LogP contribution in [0.3, 0.4) is 0 Å². The number of pyridine rings is 1. The number of hydrogen-bond donors (Lipinski definition) is 1. The summed E-state index contributed by atoms with van der Waals surface area (Å²) in [4.78, 5) is 12.4. The van der Waals surface area contributed by atoms with Gasteiger partial charge in [-0.2, -0.15) is 0 Å². The van der Waals surface area contributed by atoms with Crippen LogP contribution in [0.1, 0.15) is 15.9 Å².